The van der Waals surface area contributed by atoms with Crippen molar-refractivity contribution in [3.63, 3.8) is 0 Å². The molecule has 0 amide bonds. The van der Waals surface area contributed by atoms with Gasteiger partial charge in [-0.2, -0.15) is 5.26 Å². The number of carboxylic acid groups (broad SMARTS) is 1. The normalized spacial score (nSPS) is 18.1. The number of carboxylic acids is 1. The monoisotopic (exact) mass is 287 g/mol. The predicted molar refractivity (Wildman–Crippen MR) is 78.4 cm³/mol. The van der Waals surface area contributed by atoms with Crippen molar-refractivity contribution in [3.05, 3.63) is 29.6 Å². The Labute approximate surface area is 125 Å². The molecule has 0 bridgehead atoms. The zero-order valence-corrected chi connectivity index (χ0v) is 12.4. The van der Waals surface area contributed by atoms with Crippen LogP contribution in [0, 0.1) is 16.7 Å². The van der Waals surface area contributed by atoms with Gasteiger partial charge in [0.1, 0.15) is 11.8 Å². The van der Waals surface area contributed by atoms with E-state index >= 15 is 0 Å². The molecule has 1 fully saturated rings. The molecule has 0 radical (unpaired) electrons. The van der Waals surface area contributed by atoms with Gasteiger partial charge in [0, 0.05) is 18.3 Å². The number of hydrogen-bond acceptors (Lipinski definition) is 4. The minimum Gasteiger partial charge on any atom is -0.481 e. The Morgan fingerprint density at radius 3 is 2.81 bits per heavy atom. The van der Waals surface area contributed by atoms with E-state index < -0.39 is 11.4 Å². The van der Waals surface area contributed by atoms with Crippen LogP contribution in [0.3, 0.4) is 0 Å². The van der Waals surface area contributed by atoms with Gasteiger partial charge in [-0.15, -0.1) is 0 Å². The van der Waals surface area contributed by atoms with Crippen molar-refractivity contribution in [1.82, 2.24) is 9.88 Å². The summed E-state index contributed by atoms with van der Waals surface area (Å²) in [5.41, 5.74) is 0.817. The zero-order chi connectivity index (χ0) is 15.3. The van der Waals surface area contributed by atoms with Gasteiger partial charge in [0.25, 0.3) is 0 Å². The fraction of sp³-hybridized carbons (Fsp3) is 0.562. The van der Waals surface area contributed by atoms with Crippen molar-refractivity contribution in [2.75, 3.05) is 13.1 Å². The van der Waals surface area contributed by atoms with Crippen molar-refractivity contribution in [3.8, 4) is 6.07 Å². The average molecular weight is 287 g/mol. The van der Waals surface area contributed by atoms with Crippen LogP contribution < -0.4 is 0 Å². The molecule has 5 heteroatoms. The number of hydrogen-bond donors (Lipinski definition) is 1. The van der Waals surface area contributed by atoms with E-state index in [1.807, 2.05) is 19.1 Å². The Hall–Kier alpha value is -1.93. The molecular weight excluding hydrogens is 266 g/mol. The van der Waals surface area contributed by atoms with E-state index in [1.165, 1.54) is 0 Å². The zero-order valence-electron chi connectivity index (χ0n) is 12.4. The van der Waals surface area contributed by atoms with Gasteiger partial charge in [-0.05, 0) is 38.4 Å². The number of aliphatic carboxylic acids is 1. The summed E-state index contributed by atoms with van der Waals surface area (Å²) in [6, 6.07) is 5.85. The first-order valence-electron chi connectivity index (χ1n) is 7.41. The molecular formula is C16H21N3O2. The summed E-state index contributed by atoms with van der Waals surface area (Å²) in [7, 11) is 0. The molecule has 2 rings (SSSR count). The van der Waals surface area contributed by atoms with Crippen molar-refractivity contribution >= 4 is 5.97 Å². The second-order valence-corrected chi connectivity index (χ2v) is 5.73. The highest BCUT2D eigenvalue weighted by molar-refractivity contribution is 5.74. The fourth-order valence-electron chi connectivity index (χ4n) is 3.10. The Kier molecular flexibility index (Phi) is 4.92. The Morgan fingerprint density at radius 1 is 1.52 bits per heavy atom. The van der Waals surface area contributed by atoms with Crippen molar-refractivity contribution in [1.29, 1.82) is 5.26 Å². The molecule has 1 saturated heterocycles. The van der Waals surface area contributed by atoms with Crippen LogP contribution in [0.1, 0.15) is 43.9 Å². The van der Waals surface area contributed by atoms with E-state index in [-0.39, 0.29) is 0 Å². The first-order valence-corrected chi connectivity index (χ1v) is 7.41. The van der Waals surface area contributed by atoms with E-state index in [2.05, 4.69) is 16.0 Å². The molecule has 1 aliphatic heterocycles. The third-order valence-electron chi connectivity index (χ3n) is 4.39. The first-order chi connectivity index (χ1) is 10.1. The van der Waals surface area contributed by atoms with Crippen LogP contribution in [0.5, 0.6) is 0 Å². The standard InChI is InChI=1S/C16H21N3O2/c1-2-5-16(15(20)21)6-9-19(10-7-16)12-13-4-3-8-18-14(13)11-17/h3-4,8H,2,5-7,9-10,12H2,1H3,(H,20,21). The van der Waals surface area contributed by atoms with Gasteiger partial charge < -0.3 is 5.11 Å². The van der Waals surface area contributed by atoms with E-state index in [1.54, 1.807) is 6.20 Å². The lowest BCUT2D eigenvalue weighted by atomic mass is 9.75. The maximum atomic E-state index is 11.6. The minimum absolute atomic E-state index is 0.459. The van der Waals surface area contributed by atoms with E-state index in [0.717, 1.165) is 31.5 Å². The molecule has 1 aromatic rings. The average Bonchev–Trinajstić information content (AvgIpc) is 2.50. The number of piperidine rings is 1. The molecule has 0 aliphatic carbocycles. The van der Waals surface area contributed by atoms with Gasteiger partial charge in [-0.25, -0.2) is 4.98 Å². The molecule has 0 spiro atoms. The van der Waals surface area contributed by atoms with Crippen molar-refractivity contribution in [2.45, 2.75) is 39.2 Å². The first kappa shape index (κ1) is 15.5. The Morgan fingerprint density at radius 2 is 2.24 bits per heavy atom. The largest absolute Gasteiger partial charge is 0.481 e. The summed E-state index contributed by atoms with van der Waals surface area (Å²) in [4.78, 5) is 17.8. The van der Waals surface area contributed by atoms with Crippen LogP contribution in [0.15, 0.2) is 18.3 Å². The number of nitriles is 1. The predicted octanol–water partition coefficient (Wildman–Crippen LogP) is 2.42. The second-order valence-electron chi connectivity index (χ2n) is 5.73. The number of rotatable bonds is 5. The number of nitrogens with zero attached hydrogens (tertiary/aromatic N) is 3. The molecule has 21 heavy (non-hydrogen) atoms. The van der Waals surface area contributed by atoms with E-state index in [0.29, 0.717) is 25.1 Å². The highest BCUT2D eigenvalue weighted by Gasteiger charge is 2.40. The molecule has 1 N–H and O–H groups in total. The van der Waals surface area contributed by atoms with E-state index in [4.69, 9.17) is 5.26 Å². The molecule has 0 atom stereocenters. The summed E-state index contributed by atoms with van der Waals surface area (Å²) >= 11 is 0. The van der Waals surface area contributed by atoms with E-state index in [9.17, 15) is 9.90 Å². The van der Waals surface area contributed by atoms with Crippen LogP contribution >= 0.6 is 0 Å². The summed E-state index contributed by atoms with van der Waals surface area (Å²) in [5, 5.41) is 18.6. The highest BCUT2D eigenvalue weighted by atomic mass is 16.4. The highest BCUT2D eigenvalue weighted by Crippen LogP contribution is 2.36. The summed E-state index contributed by atoms with van der Waals surface area (Å²) in [5.74, 6) is -0.664. The van der Waals surface area contributed by atoms with Crippen LogP contribution in [0.2, 0.25) is 0 Å². The molecule has 0 saturated carbocycles. The topological polar surface area (TPSA) is 77.2 Å². The van der Waals surface area contributed by atoms with Gasteiger partial charge in [0.05, 0.1) is 5.41 Å². The lowest BCUT2D eigenvalue weighted by Crippen LogP contribution is -2.44. The molecule has 1 aromatic heterocycles. The lowest BCUT2D eigenvalue weighted by Gasteiger charge is -2.38. The third kappa shape index (κ3) is 3.40. The summed E-state index contributed by atoms with van der Waals surface area (Å²) in [6.45, 7) is 4.21. The van der Waals surface area contributed by atoms with Crippen LogP contribution in [-0.4, -0.2) is 34.0 Å². The van der Waals surface area contributed by atoms with Crippen LogP contribution in [0.4, 0.5) is 0 Å². The molecule has 5 nitrogen and oxygen atoms in total. The Balaban J connectivity index is 2.01. The summed E-state index contributed by atoms with van der Waals surface area (Å²) < 4.78 is 0. The minimum atomic E-state index is -0.664. The molecule has 0 aromatic carbocycles. The van der Waals surface area contributed by atoms with Crippen molar-refractivity contribution < 1.29 is 9.90 Å². The molecule has 2 heterocycles. The van der Waals surface area contributed by atoms with Gasteiger partial charge in [-0.1, -0.05) is 19.4 Å². The Bertz CT molecular complexity index is 543. The number of aromatic nitrogens is 1. The number of carbonyl (C=O) groups is 1. The molecule has 1 aliphatic rings. The maximum absolute atomic E-state index is 11.6. The lowest BCUT2D eigenvalue weighted by molar-refractivity contribution is -0.152. The van der Waals surface area contributed by atoms with Gasteiger partial charge in [-0.3, -0.25) is 9.69 Å². The molecule has 0 unspecified atom stereocenters. The summed E-state index contributed by atoms with van der Waals surface area (Å²) in [6.07, 6.45) is 4.62. The maximum Gasteiger partial charge on any atom is 0.309 e. The quantitative estimate of drug-likeness (QED) is 0.900. The van der Waals surface area contributed by atoms with Crippen LogP contribution in [-0.2, 0) is 11.3 Å². The molecule has 112 valence electrons. The van der Waals surface area contributed by atoms with Crippen molar-refractivity contribution in [2.24, 2.45) is 5.41 Å². The third-order valence-corrected chi connectivity index (χ3v) is 4.39. The fourth-order valence-corrected chi connectivity index (χ4v) is 3.10. The second kappa shape index (κ2) is 6.68. The van der Waals surface area contributed by atoms with Gasteiger partial charge >= 0.3 is 5.97 Å². The number of likely N-dealkylation sites (tertiary alicyclic amines) is 1. The SMILES string of the molecule is CCCC1(C(=O)O)CCN(Cc2cccnc2C#N)CC1. The van der Waals surface area contributed by atoms with Gasteiger partial charge in [0.2, 0.25) is 0 Å². The smallest absolute Gasteiger partial charge is 0.309 e. The van der Waals surface area contributed by atoms with Gasteiger partial charge in [0.15, 0.2) is 0 Å². The van der Waals surface area contributed by atoms with Crippen LogP contribution in [0.25, 0.3) is 0 Å². The number of pyridine rings is 1.